The molecule has 0 saturated carbocycles. The van der Waals surface area contributed by atoms with E-state index in [4.69, 9.17) is 5.11 Å². The molecule has 1 aromatic heterocycles. The van der Waals surface area contributed by atoms with Crippen LogP contribution in [0.15, 0.2) is 73.1 Å². The van der Waals surface area contributed by atoms with Crippen molar-refractivity contribution in [3.8, 4) is 0 Å². The summed E-state index contributed by atoms with van der Waals surface area (Å²) in [6.07, 6.45) is 3.60. The molecule has 2 aromatic carbocycles. The number of carbonyl (C=O) groups excluding carboxylic acids is 1. The van der Waals surface area contributed by atoms with Crippen LogP contribution in [0.3, 0.4) is 0 Å². The van der Waals surface area contributed by atoms with Crippen molar-refractivity contribution in [1.82, 2.24) is 9.97 Å². The Kier molecular flexibility index (Phi) is 5.08. The Morgan fingerprint density at radius 1 is 0.875 bits per heavy atom. The summed E-state index contributed by atoms with van der Waals surface area (Å²) in [6.45, 7) is -0.528. The standard InChI is InChI=1S/C20H18N2O2/c23-14-19(24)17-12-21-20(22-13-17)11-18(15-7-3-1-4-8-15)16-9-5-2-6-10-16/h1-10,12-13,18,23H,11,14H2. The van der Waals surface area contributed by atoms with Crippen molar-refractivity contribution in [1.29, 1.82) is 0 Å². The molecule has 3 rings (SSSR count). The summed E-state index contributed by atoms with van der Waals surface area (Å²) < 4.78 is 0. The lowest BCUT2D eigenvalue weighted by Crippen LogP contribution is -2.10. The van der Waals surface area contributed by atoms with Crippen molar-refractivity contribution in [3.63, 3.8) is 0 Å². The van der Waals surface area contributed by atoms with Crippen molar-refractivity contribution in [2.45, 2.75) is 12.3 Å². The van der Waals surface area contributed by atoms with Gasteiger partial charge in [0.05, 0.1) is 5.56 Å². The van der Waals surface area contributed by atoms with Crippen LogP contribution in [0.4, 0.5) is 0 Å². The fraction of sp³-hybridized carbons (Fsp3) is 0.150. The molecule has 4 heteroatoms. The predicted molar refractivity (Wildman–Crippen MR) is 91.9 cm³/mol. The summed E-state index contributed by atoms with van der Waals surface area (Å²) >= 11 is 0. The van der Waals surface area contributed by atoms with Crippen molar-refractivity contribution < 1.29 is 9.90 Å². The van der Waals surface area contributed by atoms with Crippen molar-refractivity contribution in [2.24, 2.45) is 0 Å². The van der Waals surface area contributed by atoms with Gasteiger partial charge in [0.1, 0.15) is 12.4 Å². The van der Waals surface area contributed by atoms with Crippen LogP contribution >= 0.6 is 0 Å². The zero-order chi connectivity index (χ0) is 16.8. The van der Waals surface area contributed by atoms with Crippen LogP contribution in [0.1, 0.15) is 33.2 Å². The van der Waals surface area contributed by atoms with E-state index < -0.39 is 6.61 Å². The van der Waals surface area contributed by atoms with Gasteiger partial charge in [-0.05, 0) is 11.1 Å². The topological polar surface area (TPSA) is 63.1 Å². The lowest BCUT2D eigenvalue weighted by atomic mass is 9.88. The molecule has 120 valence electrons. The highest BCUT2D eigenvalue weighted by molar-refractivity contribution is 5.96. The number of nitrogens with zero attached hydrogens (tertiary/aromatic N) is 2. The van der Waals surface area contributed by atoms with Gasteiger partial charge < -0.3 is 5.11 Å². The van der Waals surface area contributed by atoms with Gasteiger partial charge in [0.2, 0.25) is 0 Å². The number of carbonyl (C=O) groups is 1. The van der Waals surface area contributed by atoms with E-state index in [1.54, 1.807) is 0 Å². The van der Waals surface area contributed by atoms with Crippen LogP contribution in [0.5, 0.6) is 0 Å². The molecule has 4 nitrogen and oxygen atoms in total. The zero-order valence-corrected chi connectivity index (χ0v) is 13.2. The molecule has 3 aromatic rings. The maximum absolute atomic E-state index is 11.5. The first-order valence-electron chi connectivity index (χ1n) is 7.83. The maximum atomic E-state index is 11.5. The van der Waals surface area contributed by atoms with Crippen molar-refractivity contribution in [2.75, 3.05) is 6.61 Å². The molecule has 0 bridgehead atoms. The quantitative estimate of drug-likeness (QED) is 0.710. The van der Waals surface area contributed by atoms with Crippen molar-refractivity contribution >= 4 is 5.78 Å². The summed E-state index contributed by atoms with van der Waals surface area (Å²) in [7, 11) is 0. The van der Waals surface area contributed by atoms with E-state index in [1.807, 2.05) is 36.4 Å². The Morgan fingerprint density at radius 2 is 1.38 bits per heavy atom. The molecule has 0 atom stereocenters. The Bertz CT molecular complexity index is 747. The van der Waals surface area contributed by atoms with Gasteiger partial charge in [-0.2, -0.15) is 0 Å². The molecule has 0 aliphatic heterocycles. The number of aromatic nitrogens is 2. The summed E-state index contributed by atoms with van der Waals surface area (Å²) in [5.41, 5.74) is 2.72. The number of benzene rings is 2. The summed E-state index contributed by atoms with van der Waals surface area (Å²) in [5, 5.41) is 8.90. The van der Waals surface area contributed by atoms with E-state index in [-0.39, 0.29) is 11.7 Å². The van der Waals surface area contributed by atoms with Gasteiger partial charge in [0.15, 0.2) is 5.78 Å². The number of Topliss-reactive ketones (excluding diaryl/α,β-unsaturated/α-hetero) is 1. The first kappa shape index (κ1) is 16.0. The Hall–Kier alpha value is -2.85. The van der Waals surface area contributed by atoms with Gasteiger partial charge >= 0.3 is 0 Å². The molecule has 0 unspecified atom stereocenters. The molecule has 1 N–H and O–H groups in total. The van der Waals surface area contributed by atoms with E-state index in [0.717, 1.165) is 0 Å². The second-order valence-electron chi connectivity index (χ2n) is 5.55. The molecule has 24 heavy (non-hydrogen) atoms. The van der Waals surface area contributed by atoms with Crippen LogP contribution in [0.2, 0.25) is 0 Å². The molecule has 0 radical (unpaired) electrons. The average molecular weight is 318 g/mol. The van der Waals surface area contributed by atoms with E-state index in [9.17, 15) is 4.79 Å². The highest BCUT2D eigenvalue weighted by Gasteiger charge is 2.16. The van der Waals surface area contributed by atoms with Gasteiger partial charge in [-0.1, -0.05) is 60.7 Å². The van der Waals surface area contributed by atoms with E-state index in [0.29, 0.717) is 17.8 Å². The van der Waals surface area contributed by atoms with Crippen molar-refractivity contribution in [3.05, 3.63) is 95.6 Å². The Balaban J connectivity index is 1.89. The SMILES string of the molecule is O=C(CO)c1cnc(CC(c2ccccc2)c2ccccc2)nc1. The molecule has 0 saturated heterocycles. The van der Waals surface area contributed by atoms with Crippen LogP contribution in [-0.4, -0.2) is 27.5 Å². The van der Waals surface area contributed by atoms with Gasteiger partial charge in [0.25, 0.3) is 0 Å². The fourth-order valence-electron chi connectivity index (χ4n) is 2.68. The molecule has 0 spiro atoms. The fourth-order valence-corrected chi connectivity index (χ4v) is 2.68. The third kappa shape index (κ3) is 3.73. The van der Waals surface area contributed by atoms with Crippen LogP contribution in [0.25, 0.3) is 0 Å². The molecule has 0 amide bonds. The van der Waals surface area contributed by atoms with Gasteiger partial charge in [0, 0.05) is 24.7 Å². The lowest BCUT2D eigenvalue weighted by Gasteiger charge is -2.17. The third-order valence-electron chi connectivity index (χ3n) is 3.96. The van der Waals surface area contributed by atoms with Crippen LogP contribution in [0, 0.1) is 0 Å². The number of aliphatic hydroxyl groups is 1. The molecule has 0 aliphatic rings. The Labute approximate surface area is 140 Å². The highest BCUT2D eigenvalue weighted by atomic mass is 16.3. The Morgan fingerprint density at radius 3 is 1.83 bits per heavy atom. The normalized spacial score (nSPS) is 10.8. The minimum absolute atomic E-state index is 0.145. The number of hydrogen-bond acceptors (Lipinski definition) is 4. The summed E-state index contributed by atoms with van der Waals surface area (Å²) in [5.74, 6) is 0.443. The molecule has 0 fully saturated rings. The molecule has 1 heterocycles. The van der Waals surface area contributed by atoms with Gasteiger partial charge in [-0.25, -0.2) is 9.97 Å². The van der Waals surface area contributed by atoms with E-state index in [2.05, 4.69) is 34.2 Å². The average Bonchev–Trinajstić information content (AvgIpc) is 2.67. The number of ketones is 1. The smallest absolute Gasteiger partial charge is 0.191 e. The summed E-state index contributed by atoms with van der Waals surface area (Å²) in [4.78, 5) is 20.1. The second-order valence-corrected chi connectivity index (χ2v) is 5.55. The minimum Gasteiger partial charge on any atom is -0.388 e. The molecular formula is C20H18N2O2. The molecule has 0 aliphatic carbocycles. The van der Waals surface area contributed by atoms with Gasteiger partial charge in [-0.15, -0.1) is 0 Å². The first-order chi connectivity index (χ1) is 11.8. The number of rotatable bonds is 6. The van der Waals surface area contributed by atoms with Crippen LogP contribution < -0.4 is 0 Å². The largest absolute Gasteiger partial charge is 0.388 e. The summed E-state index contributed by atoms with van der Waals surface area (Å²) in [6, 6.07) is 20.5. The predicted octanol–water partition coefficient (Wildman–Crippen LogP) is 3.03. The van der Waals surface area contributed by atoms with E-state index >= 15 is 0 Å². The lowest BCUT2D eigenvalue weighted by molar-refractivity contribution is 0.0903. The minimum atomic E-state index is -0.528. The number of hydrogen-bond donors (Lipinski definition) is 1. The third-order valence-corrected chi connectivity index (χ3v) is 3.96. The van der Waals surface area contributed by atoms with Crippen LogP contribution in [-0.2, 0) is 6.42 Å². The van der Waals surface area contributed by atoms with E-state index in [1.165, 1.54) is 23.5 Å². The maximum Gasteiger partial charge on any atom is 0.191 e. The van der Waals surface area contributed by atoms with Gasteiger partial charge in [-0.3, -0.25) is 4.79 Å². The zero-order valence-electron chi connectivity index (χ0n) is 13.2. The monoisotopic (exact) mass is 318 g/mol. The first-order valence-corrected chi connectivity index (χ1v) is 7.83. The molecular weight excluding hydrogens is 300 g/mol. The number of aliphatic hydroxyl groups excluding tert-OH is 1. The highest BCUT2D eigenvalue weighted by Crippen LogP contribution is 2.27. The second kappa shape index (κ2) is 7.62.